The van der Waals surface area contributed by atoms with E-state index >= 15 is 0 Å². The predicted octanol–water partition coefficient (Wildman–Crippen LogP) is 0.0481. The number of aliphatic hydroxyl groups excluding tert-OH is 1. The van der Waals surface area contributed by atoms with Gasteiger partial charge in [0.2, 0.25) is 0 Å². The van der Waals surface area contributed by atoms with Gasteiger partial charge in [-0.2, -0.15) is 0 Å². The molecular weight excluding hydrogens is 388 g/mol. The van der Waals surface area contributed by atoms with Gasteiger partial charge in [-0.05, 0) is 6.42 Å². The van der Waals surface area contributed by atoms with Gasteiger partial charge in [0.25, 0.3) is 0 Å². The van der Waals surface area contributed by atoms with Gasteiger partial charge in [0.1, 0.15) is 6.61 Å². The number of rotatable bonds is 24. The number of hydrogen-bond acceptors (Lipinski definition) is 10. The summed E-state index contributed by atoms with van der Waals surface area (Å²) in [4.78, 5) is 10.5. The van der Waals surface area contributed by atoms with Gasteiger partial charge in [-0.15, -0.1) is 0 Å². The van der Waals surface area contributed by atoms with Crippen molar-refractivity contribution in [1.29, 1.82) is 0 Å². The minimum atomic E-state index is -0.308. The molecule has 0 aromatic heterocycles. The number of esters is 1. The van der Waals surface area contributed by atoms with E-state index in [1.165, 1.54) is 6.92 Å². The van der Waals surface area contributed by atoms with E-state index in [9.17, 15) is 4.79 Å². The van der Waals surface area contributed by atoms with Crippen LogP contribution in [0, 0.1) is 0 Å². The summed E-state index contributed by atoms with van der Waals surface area (Å²) in [5.41, 5.74) is 0. The van der Waals surface area contributed by atoms with Crippen LogP contribution >= 0.6 is 0 Å². The number of carbonyl (C=O) groups is 1. The molecule has 0 amide bonds. The summed E-state index contributed by atoms with van der Waals surface area (Å²) < 4.78 is 42.0. The van der Waals surface area contributed by atoms with Crippen molar-refractivity contribution in [2.45, 2.75) is 13.3 Å². The van der Waals surface area contributed by atoms with Gasteiger partial charge in [0, 0.05) is 20.1 Å². The molecule has 1 N–H and O–H groups in total. The summed E-state index contributed by atoms with van der Waals surface area (Å²) in [7, 11) is 0. The molecule has 10 nitrogen and oxygen atoms in total. The zero-order valence-electron chi connectivity index (χ0n) is 17.6. The topological polar surface area (TPSA) is 111 Å². The van der Waals surface area contributed by atoms with Crippen molar-refractivity contribution in [3.8, 4) is 0 Å². The maximum atomic E-state index is 10.5. The van der Waals surface area contributed by atoms with Crippen LogP contribution in [0.15, 0.2) is 0 Å². The molecule has 0 heterocycles. The second-order valence-electron chi connectivity index (χ2n) is 5.70. The highest BCUT2D eigenvalue weighted by molar-refractivity contribution is 5.65. The van der Waals surface area contributed by atoms with Crippen LogP contribution in [0.1, 0.15) is 13.3 Å². The first-order chi connectivity index (χ1) is 14.3. The quantitative estimate of drug-likeness (QED) is 0.168. The average molecular weight is 427 g/mol. The number of ether oxygens (including phenoxy) is 8. The molecule has 29 heavy (non-hydrogen) atoms. The highest BCUT2D eigenvalue weighted by atomic mass is 16.6. The third-order valence-corrected chi connectivity index (χ3v) is 3.21. The van der Waals surface area contributed by atoms with Crippen molar-refractivity contribution in [1.82, 2.24) is 0 Å². The minimum absolute atomic E-state index is 0.148. The Balaban J connectivity index is 2.99. The number of carbonyl (C=O) groups excluding carboxylic acids is 1. The first-order valence-electron chi connectivity index (χ1n) is 10.1. The van der Waals surface area contributed by atoms with E-state index in [1.807, 2.05) is 0 Å². The Hall–Kier alpha value is -0.850. The van der Waals surface area contributed by atoms with Gasteiger partial charge in [0.05, 0.1) is 85.9 Å². The van der Waals surface area contributed by atoms with Gasteiger partial charge in [0.15, 0.2) is 0 Å². The largest absolute Gasteiger partial charge is 0.463 e. The van der Waals surface area contributed by atoms with Gasteiger partial charge in [-0.3, -0.25) is 4.79 Å². The Bertz CT molecular complexity index is 330. The van der Waals surface area contributed by atoms with E-state index in [-0.39, 0.29) is 19.2 Å². The molecular formula is C19H38O10. The maximum absolute atomic E-state index is 10.5. The molecule has 0 aliphatic rings. The van der Waals surface area contributed by atoms with Crippen LogP contribution in [0.3, 0.4) is 0 Å². The molecule has 0 atom stereocenters. The van der Waals surface area contributed by atoms with Crippen molar-refractivity contribution >= 4 is 5.97 Å². The fraction of sp³-hybridized carbons (Fsp3) is 0.947. The molecule has 0 rings (SSSR count). The van der Waals surface area contributed by atoms with Gasteiger partial charge in [-0.25, -0.2) is 0 Å². The number of hydrogen-bond donors (Lipinski definition) is 1. The molecule has 0 aromatic carbocycles. The van der Waals surface area contributed by atoms with Crippen LogP contribution in [-0.2, 0) is 42.7 Å². The van der Waals surface area contributed by atoms with Crippen molar-refractivity contribution in [2.75, 3.05) is 106 Å². The van der Waals surface area contributed by atoms with E-state index in [2.05, 4.69) is 0 Å². The van der Waals surface area contributed by atoms with E-state index in [4.69, 9.17) is 43.0 Å². The lowest BCUT2D eigenvalue weighted by atomic mass is 10.5. The second kappa shape index (κ2) is 25.2. The molecule has 0 fully saturated rings. The van der Waals surface area contributed by atoms with Crippen LogP contribution in [0.5, 0.6) is 0 Å². The molecule has 0 aliphatic carbocycles. The lowest BCUT2D eigenvalue weighted by Gasteiger charge is -2.08. The highest BCUT2D eigenvalue weighted by Gasteiger charge is 1.95. The summed E-state index contributed by atoms with van der Waals surface area (Å²) in [6.45, 7) is 8.71. The summed E-state index contributed by atoms with van der Waals surface area (Å²) in [6.07, 6.45) is 0.651. The first-order valence-corrected chi connectivity index (χ1v) is 10.1. The molecule has 0 unspecified atom stereocenters. The Morgan fingerprint density at radius 1 is 0.517 bits per heavy atom. The molecule has 0 spiro atoms. The van der Waals surface area contributed by atoms with Gasteiger partial charge < -0.3 is 43.0 Å². The van der Waals surface area contributed by atoms with Gasteiger partial charge >= 0.3 is 5.97 Å². The summed E-state index contributed by atoms with van der Waals surface area (Å²) >= 11 is 0. The Kier molecular flexibility index (Phi) is 24.4. The Morgan fingerprint density at radius 3 is 1.07 bits per heavy atom. The lowest BCUT2D eigenvalue weighted by Crippen LogP contribution is -2.15. The maximum Gasteiger partial charge on any atom is 0.302 e. The second-order valence-corrected chi connectivity index (χ2v) is 5.70. The van der Waals surface area contributed by atoms with E-state index in [0.29, 0.717) is 98.9 Å². The van der Waals surface area contributed by atoms with Crippen LogP contribution < -0.4 is 0 Å². The van der Waals surface area contributed by atoms with E-state index in [1.54, 1.807) is 0 Å². The molecule has 0 bridgehead atoms. The molecule has 0 radical (unpaired) electrons. The van der Waals surface area contributed by atoms with Gasteiger partial charge in [-0.1, -0.05) is 0 Å². The summed E-state index contributed by atoms with van der Waals surface area (Å²) in [6, 6.07) is 0. The van der Waals surface area contributed by atoms with E-state index in [0.717, 1.165) is 0 Å². The van der Waals surface area contributed by atoms with Crippen LogP contribution in [-0.4, -0.2) is 117 Å². The Morgan fingerprint density at radius 2 is 0.793 bits per heavy atom. The van der Waals surface area contributed by atoms with Crippen molar-refractivity contribution in [2.24, 2.45) is 0 Å². The number of aliphatic hydroxyl groups is 1. The third-order valence-electron chi connectivity index (χ3n) is 3.21. The van der Waals surface area contributed by atoms with Crippen LogP contribution in [0.4, 0.5) is 0 Å². The predicted molar refractivity (Wildman–Crippen MR) is 104 cm³/mol. The zero-order chi connectivity index (χ0) is 21.3. The fourth-order valence-corrected chi connectivity index (χ4v) is 1.83. The minimum Gasteiger partial charge on any atom is -0.463 e. The first kappa shape index (κ1) is 28.1. The third kappa shape index (κ3) is 27.1. The molecule has 0 aliphatic heterocycles. The Labute approximate surface area is 173 Å². The van der Waals surface area contributed by atoms with Crippen molar-refractivity contribution in [3.05, 3.63) is 0 Å². The molecule has 0 saturated carbocycles. The van der Waals surface area contributed by atoms with Crippen LogP contribution in [0.25, 0.3) is 0 Å². The summed E-state index contributed by atoms with van der Waals surface area (Å²) in [5.74, 6) is -0.308. The molecule has 0 saturated heterocycles. The fourth-order valence-electron chi connectivity index (χ4n) is 1.83. The zero-order valence-corrected chi connectivity index (χ0v) is 17.6. The summed E-state index contributed by atoms with van der Waals surface area (Å²) in [5, 5.41) is 8.59. The van der Waals surface area contributed by atoms with Crippen molar-refractivity contribution in [3.63, 3.8) is 0 Å². The SMILES string of the molecule is CC(=O)OCCOCCOCCOCCOCCOCCOCCOCCCO. The molecule has 174 valence electrons. The van der Waals surface area contributed by atoms with Crippen molar-refractivity contribution < 1.29 is 47.8 Å². The average Bonchev–Trinajstić information content (AvgIpc) is 2.71. The molecule has 10 heteroatoms. The smallest absolute Gasteiger partial charge is 0.302 e. The van der Waals surface area contributed by atoms with Crippen LogP contribution in [0.2, 0.25) is 0 Å². The standard InChI is InChI=1S/C19H38O10/c1-19(21)29-18-17-28-16-15-27-14-13-26-12-11-25-10-9-24-8-7-23-6-5-22-4-2-3-20/h20H,2-18H2,1H3. The highest BCUT2D eigenvalue weighted by Crippen LogP contribution is 1.86. The lowest BCUT2D eigenvalue weighted by molar-refractivity contribution is -0.142. The normalized spacial score (nSPS) is 11.1. The monoisotopic (exact) mass is 426 g/mol. The molecule has 0 aromatic rings. The van der Waals surface area contributed by atoms with E-state index < -0.39 is 0 Å².